The minimum Gasteiger partial charge on any atom is -0.496 e. The van der Waals surface area contributed by atoms with Gasteiger partial charge in [0.2, 0.25) is 0 Å². The van der Waals surface area contributed by atoms with Crippen LogP contribution in [0.1, 0.15) is 34.7 Å². The van der Waals surface area contributed by atoms with E-state index < -0.39 is 35.2 Å². The van der Waals surface area contributed by atoms with Crippen molar-refractivity contribution in [2.75, 3.05) is 33.9 Å². The lowest BCUT2D eigenvalue weighted by molar-refractivity contribution is -0.139. The molecule has 0 spiro atoms. The molecule has 0 bridgehead atoms. The third kappa shape index (κ3) is 15.2. The molecule has 0 aliphatic heterocycles. The molecule has 0 heterocycles. The first-order chi connectivity index (χ1) is 33.3. The highest BCUT2D eigenvalue weighted by molar-refractivity contribution is 5.72. The molecule has 0 fully saturated rings. The van der Waals surface area contributed by atoms with Crippen molar-refractivity contribution in [2.24, 2.45) is 0 Å². The molecule has 2 N–H and O–H groups in total. The number of hydrogen-bond donors (Lipinski definition) is 2. The summed E-state index contributed by atoms with van der Waals surface area (Å²) < 4.78 is 76.6. The summed E-state index contributed by atoms with van der Waals surface area (Å²) in [5.41, 5.74) is 7.19. The van der Waals surface area contributed by atoms with Crippen molar-refractivity contribution in [2.45, 2.75) is 39.8 Å². The van der Waals surface area contributed by atoms with Gasteiger partial charge in [-0.15, -0.1) is 0 Å². The van der Waals surface area contributed by atoms with E-state index in [2.05, 4.69) is 0 Å². The van der Waals surface area contributed by atoms with E-state index in [1.165, 1.54) is 14.2 Å². The first kappa shape index (κ1) is 50.7. The van der Waals surface area contributed by atoms with Gasteiger partial charge in [0, 0.05) is 42.9 Å². The third-order valence-electron chi connectivity index (χ3n) is 10.8. The highest BCUT2D eigenvalue weighted by Crippen LogP contribution is 2.34. The van der Waals surface area contributed by atoms with Crippen LogP contribution in [0.2, 0.25) is 0 Å². The molecule has 7 aromatic carbocycles. The summed E-state index contributed by atoms with van der Waals surface area (Å²) >= 11 is 0. The monoisotopic (exact) mass is 944 g/mol. The van der Waals surface area contributed by atoms with Gasteiger partial charge in [-0.05, 0) is 81.9 Å². The van der Waals surface area contributed by atoms with Crippen molar-refractivity contribution in [1.29, 1.82) is 0 Å². The number of aliphatic carboxylic acids is 2. The molecular formula is C55H52F4N2O8. The second-order valence-electron chi connectivity index (χ2n) is 15.9. The normalized spacial score (nSPS) is 10.9. The summed E-state index contributed by atoms with van der Waals surface area (Å²) in [6.07, 6.45) is 0. The Morgan fingerprint density at radius 2 is 0.841 bits per heavy atom. The standard InChI is InChI=1S/C30H27F2NO4.C25H25F2NO4/c1-36-29-16-28(32)27(31)15-26(29)24-10-12-25(13-11-24)37-20-23-9-5-8-22(14-23)18-33(19-30(34)35)17-21-6-3-2-4-7-21;1-3-28(15-25(29)30)14-17-5-4-6-18(11-17)16-32-20-9-7-19(8-10-20)21-12-22(26)23(27)13-24(21)31-2/h2-16H,17-20H2,1H3,(H,34,35);4-13H,3,14-16H2,1-2H3,(H,29,30). The number of nitrogens with zero attached hydrogens (tertiary/aromatic N) is 2. The van der Waals surface area contributed by atoms with Gasteiger partial charge in [-0.3, -0.25) is 19.4 Å². The van der Waals surface area contributed by atoms with Gasteiger partial charge in [0.25, 0.3) is 0 Å². The van der Waals surface area contributed by atoms with Crippen molar-refractivity contribution in [1.82, 2.24) is 9.80 Å². The zero-order valence-corrected chi connectivity index (χ0v) is 38.3. The quantitative estimate of drug-likeness (QED) is 0.0674. The Balaban J connectivity index is 0.000000229. The van der Waals surface area contributed by atoms with Gasteiger partial charge < -0.3 is 29.2 Å². The Bertz CT molecular complexity index is 2790. The molecule has 10 nitrogen and oxygen atoms in total. The van der Waals surface area contributed by atoms with Gasteiger partial charge in [0.05, 0.1) is 27.3 Å². The van der Waals surface area contributed by atoms with Gasteiger partial charge in [-0.1, -0.05) is 110 Å². The molecule has 0 saturated carbocycles. The topological polar surface area (TPSA) is 118 Å². The van der Waals surface area contributed by atoms with E-state index in [4.69, 9.17) is 24.1 Å². The van der Waals surface area contributed by atoms with E-state index in [1.54, 1.807) is 48.5 Å². The third-order valence-corrected chi connectivity index (χ3v) is 10.8. The molecule has 0 aliphatic rings. The second-order valence-corrected chi connectivity index (χ2v) is 15.9. The van der Waals surface area contributed by atoms with Crippen molar-refractivity contribution in [3.05, 3.63) is 203 Å². The van der Waals surface area contributed by atoms with Crippen LogP contribution in [0.5, 0.6) is 23.0 Å². The highest BCUT2D eigenvalue weighted by Gasteiger charge is 2.16. The fourth-order valence-electron chi connectivity index (χ4n) is 7.46. The number of likely N-dealkylation sites (N-methyl/N-ethyl adjacent to an activating group) is 1. The molecule has 0 radical (unpaired) electrons. The molecule has 7 rings (SSSR count). The number of carbonyl (C=O) groups is 2. The van der Waals surface area contributed by atoms with E-state index >= 15 is 0 Å². The molecule has 0 amide bonds. The molecule has 0 aromatic heterocycles. The maximum Gasteiger partial charge on any atom is 0.317 e. The summed E-state index contributed by atoms with van der Waals surface area (Å²) in [7, 11) is 2.81. The lowest BCUT2D eigenvalue weighted by atomic mass is 10.0. The summed E-state index contributed by atoms with van der Waals surface area (Å²) in [6, 6.07) is 43.7. The second kappa shape index (κ2) is 24.9. The Kier molecular flexibility index (Phi) is 18.3. The van der Waals surface area contributed by atoms with Gasteiger partial charge in [-0.2, -0.15) is 0 Å². The zero-order valence-electron chi connectivity index (χ0n) is 38.3. The summed E-state index contributed by atoms with van der Waals surface area (Å²) in [6.45, 7) is 4.71. The van der Waals surface area contributed by atoms with Crippen LogP contribution in [-0.2, 0) is 42.4 Å². The molecule has 0 unspecified atom stereocenters. The van der Waals surface area contributed by atoms with E-state index in [-0.39, 0.29) is 24.6 Å². The Hall–Kier alpha value is -7.68. The van der Waals surface area contributed by atoms with Crippen molar-refractivity contribution in [3.8, 4) is 45.3 Å². The smallest absolute Gasteiger partial charge is 0.317 e. The van der Waals surface area contributed by atoms with Crippen LogP contribution in [0.4, 0.5) is 17.6 Å². The summed E-state index contributed by atoms with van der Waals surface area (Å²) in [5, 5.41) is 18.3. The maximum absolute atomic E-state index is 13.8. The van der Waals surface area contributed by atoms with Crippen LogP contribution in [0.25, 0.3) is 22.3 Å². The fourth-order valence-corrected chi connectivity index (χ4v) is 7.46. The lowest BCUT2D eigenvalue weighted by Gasteiger charge is -2.21. The SMILES string of the molecule is CCN(CC(=O)O)Cc1cccc(COc2ccc(-c3cc(F)c(F)cc3OC)cc2)c1.COc1cc(F)c(F)cc1-c1ccc(OCc2cccc(CN(CC(=O)O)Cc3ccccc3)c2)cc1. The predicted octanol–water partition coefficient (Wildman–Crippen LogP) is 11.4. The molecule has 358 valence electrons. The Labute approximate surface area is 398 Å². The summed E-state index contributed by atoms with van der Waals surface area (Å²) in [5.74, 6) is -3.80. The number of methoxy groups -OCH3 is 2. The lowest BCUT2D eigenvalue weighted by Crippen LogP contribution is -2.29. The molecule has 14 heteroatoms. The number of hydrogen-bond acceptors (Lipinski definition) is 8. The predicted molar refractivity (Wildman–Crippen MR) is 255 cm³/mol. The minimum absolute atomic E-state index is 0.00762. The van der Waals surface area contributed by atoms with Crippen molar-refractivity contribution >= 4 is 11.9 Å². The average molecular weight is 945 g/mol. The molecular weight excluding hydrogens is 893 g/mol. The number of benzene rings is 7. The van der Waals surface area contributed by atoms with E-state index in [1.807, 2.05) is 95.6 Å². The average Bonchev–Trinajstić information content (AvgIpc) is 3.34. The largest absolute Gasteiger partial charge is 0.496 e. The summed E-state index contributed by atoms with van der Waals surface area (Å²) in [4.78, 5) is 26.1. The van der Waals surface area contributed by atoms with Crippen LogP contribution >= 0.6 is 0 Å². The minimum atomic E-state index is -0.964. The maximum atomic E-state index is 13.8. The number of carboxylic acids is 2. The molecule has 0 saturated heterocycles. The van der Waals surface area contributed by atoms with E-state index in [0.29, 0.717) is 73.1 Å². The Morgan fingerprint density at radius 1 is 0.464 bits per heavy atom. The number of halogens is 4. The van der Waals surface area contributed by atoms with Crippen molar-refractivity contribution in [3.63, 3.8) is 0 Å². The molecule has 0 atom stereocenters. The van der Waals surface area contributed by atoms with E-state index in [0.717, 1.165) is 52.1 Å². The zero-order chi connectivity index (χ0) is 49.3. The van der Waals surface area contributed by atoms with Crippen LogP contribution in [0.15, 0.2) is 152 Å². The van der Waals surface area contributed by atoms with Crippen LogP contribution in [0.3, 0.4) is 0 Å². The van der Waals surface area contributed by atoms with Gasteiger partial charge in [0.15, 0.2) is 23.3 Å². The van der Waals surface area contributed by atoms with Gasteiger partial charge >= 0.3 is 11.9 Å². The first-order valence-electron chi connectivity index (χ1n) is 21.9. The number of rotatable bonds is 21. The van der Waals surface area contributed by atoms with Gasteiger partial charge in [0.1, 0.15) is 36.2 Å². The Morgan fingerprint density at radius 3 is 1.26 bits per heavy atom. The van der Waals surface area contributed by atoms with Crippen LogP contribution in [-0.4, -0.2) is 65.8 Å². The number of carboxylic acid groups (broad SMARTS) is 2. The molecule has 0 aliphatic carbocycles. The van der Waals surface area contributed by atoms with E-state index in [9.17, 15) is 32.3 Å². The first-order valence-corrected chi connectivity index (χ1v) is 21.9. The fraction of sp³-hybridized carbons (Fsp3) is 0.200. The van der Waals surface area contributed by atoms with Gasteiger partial charge in [-0.25, -0.2) is 17.6 Å². The van der Waals surface area contributed by atoms with Crippen LogP contribution < -0.4 is 18.9 Å². The number of ether oxygens (including phenoxy) is 4. The van der Waals surface area contributed by atoms with Crippen LogP contribution in [0, 0.1) is 23.3 Å². The highest BCUT2D eigenvalue weighted by atomic mass is 19.2. The molecule has 7 aromatic rings. The molecule has 69 heavy (non-hydrogen) atoms. The van der Waals surface area contributed by atoms with Crippen molar-refractivity contribution < 1.29 is 56.3 Å².